The van der Waals surface area contributed by atoms with Gasteiger partial charge in [0, 0.05) is 25.9 Å². The molecule has 2 aromatic rings. The van der Waals surface area contributed by atoms with Gasteiger partial charge in [0.2, 0.25) is 21.8 Å². The van der Waals surface area contributed by atoms with Gasteiger partial charge in [-0.05, 0) is 40.0 Å². The highest BCUT2D eigenvalue weighted by atomic mass is 32.2. The number of sulfonamides is 1. The summed E-state index contributed by atoms with van der Waals surface area (Å²) in [6, 6.07) is 12.3. The topological polar surface area (TPSA) is 95.6 Å². The Morgan fingerprint density at radius 1 is 0.923 bits per heavy atom. The van der Waals surface area contributed by atoms with Crippen LogP contribution in [0.1, 0.15) is 94.4 Å². The molecule has 0 radical (unpaired) electrons. The fraction of sp³-hybridized carbons (Fsp3) is 0.533. The first-order chi connectivity index (χ1) is 18.3. The minimum atomic E-state index is -4.07. The maximum atomic E-state index is 15.0. The van der Waals surface area contributed by atoms with E-state index in [4.69, 9.17) is 0 Å². The molecule has 1 heterocycles. The third-order valence-corrected chi connectivity index (χ3v) is 8.78. The Kier molecular flexibility index (Phi) is 10.3. The monoisotopic (exact) mass is 559 g/mol. The number of nitrogens with one attached hydrogen (secondary N) is 2. The van der Waals surface area contributed by atoms with Gasteiger partial charge >= 0.3 is 0 Å². The molecule has 1 saturated heterocycles. The lowest BCUT2D eigenvalue weighted by molar-refractivity contribution is -0.133. The number of hydrogen-bond acceptors (Lipinski definition) is 4. The summed E-state index contributed by atoms with van der Waals surface area (Å²) in [6.45, 7) is 12.0. The van der Waals surface area contributed by atoms with E-state index in [0.29, 0.717) is 17.7 Å². The largest absolute Gasteiger partial charge is 0.352 e. The molecular weight excluding hydrogens is 517 g/mol. The third kappa shape index (κ3) is 7.88. The van der Waals surface area contributed by atoms with Crippen LogP contribution >= 0.6 is 0 Å². The molecule has 2 aromatic carbocycles. The molecule has 9 heteroatoms. The van der Waals surface area contributed by atoms with Crippen LogP contribution in [-0.4, -0.2) is 50.4 Å². The number of nitrogens with zero attached hydrogens (tertiary/aromatic N) is 1. The SMILES string of the molecule is CC(C)c1cc(C(C)C)c(S(=O)(=O)NC2CN(C(=O)CCC(=O)NCc3ccccc3)CC2F)c(C(C)C)c1. The van der Waals surface area contributed by atoms with E-state index in [1.54, 1.807) is 0 Å². The van der Waals surface area contributed by atoms with Gasteiger partial charge in [-0.2, -0.15) is 0 Å². The van der Waals surface area contributed by atoms with E-state index in [2.05, 4.69) is 23.9 Å². The van der Waals surface area contributed by atoms with Gasteiger partial charge in [0.05, 0.1) is 17.5 Å². The standard InChI is InChI=1S/C30H42FN3O4S/c1-19(2)23-14-24(20(3)4)30(25(15-23)21(5)6)39(37,38)33-27-18-34(17-26(27)31)29(36)13-12-28(35)32-16-22-10-8-7-9-11-22/h7-11,14-15,19-21,26-27,33H,12-13,16-18H2,1-6H3,(H,32,35). The zero-order valence-electron chi connectivity index (χ0n) is 23.8. The Balaban J connectivity index is 1.68. The summed E-state index contributed by atoms with van der Waals surface area (Å²) in [5.41, 5.74) is 3.43. The van der Waals surface area contributed by atoms with Gasteiger partial charge in [-0.15, -0.1) is 0 Å². The number of likely N-dealkylation sites (tertiary alicyclic amines) is 1. The van der Waals surface area contributed by atoms with E-state index in [9.17, 15) is 18.0 Å². The molecule has 2 N–H and O–H groups in total. The first-order valence-electron chi connectivity index (χ1n) is 13.7. The third-order valence-electron chi connectivity index (χ3n) is 7.15. The summed E-state index contributed by atoms with van der Waals surface area (Å²) in [6.07, 6.45) is -1.64. The smallest absolute Gasteiger partial charge is 0.241 e. The summed E-state index contributed by atoms with van der Waals surface area (Å²) in [4.78, 5) is 26.5. The van der Waals surface area contributed by atoms with Crippen molar-refractivity contribution < 1.29 is 22.4 Å². The quantitative estimate of drug-likeness (QED) is 0.406. The Morgan fingerprint density at radius 2 is 1.51 bits per heavy atom. The fourth-order valence-corrected chi connectivity index (χ4v) is 6.75. The van der Waals surface area contributed by atoms with E-state index < -0.39 is 22.2 Å². The zero-order valence-corrected chi connectivity index (χ0v) is 24.6. The lowest BCUT2D eigenvalue weighted by Crippen LogP contribution is -2.42. The molecule has 1 fully saturated rings. The van der Waals surface area contributed by atoms with Crippen LogP contribution in [0.25, 0.3) is 0 Å². The molecule has 0 saturated carbocycles. The molecule has 2 amide bonds. The van der Waals surface area contributed by atoms with E-state index in [-0.39, 0.29) is 60.4 Å². The van der Waals surface area contributed by atoms with E-state index in [1.807, 2.05) is 70.2 Å². The molecule has 214 valence electrons. The van der Waals surface area contributed by atoms with Crippen molar-refractivity contribution in [1.82, 2.24) is 14.9 Å². The van der Waals surface area contributed by atoms with E-state index >= 15 is 4.39 Å². The van der Waals surface area contributed by atoms with Crippen molar-refractivity contribution >= 4 is 21.8 Å². The first kappa shape index (κ1) is 30.8. The minimum Gasteiger partial charge on any atom is -0.352 e. The Hall–Kier alpha value is -2.78. The molecule has 3 rings (SSSR count). The molecule has 2 unspecified atom stereocenters. The van der Waals surface area contributed by atoms with Crippen molar-refractivity contribution in [3.63, 3.8) is 0 Å². The normalized spacial score (nSPS) is 17.8. The Bertz CT molecular complexity index is 1230. The zero-order chi connectivity index (χ0) is 28.9. The van der Waals surface area contributed by atoms with E-state index in [1.165, 1.54) is 4.90 Å². The number of rotatable bonds is 11. The fourth-order valence-electron chi connectivity index (χ4n) is 4.80. The maximum Gasteiger partial charge on any atom is 0.241 e. The lowest BCUT2D eigenvalue weighted by atomic mass is 9.89. The maximum absolute atomic E-state index is 15.0. The van der Waals surface area contributed by atoms with Gasteiger partial charge in [-0.1, -0.05) is 84.0 Å². The second kappa shape index (κ2) is 13.0. The van der Waals surface area contributed by atoms with Gasteiger partial charge in [0.1, 0.15) is 6.17 Å². The van der Waals surface area contributed by atoms with Crippen LogP contribution in [0.4, 0.5) is 4.39 Å². The number of halogens is 1. The Morgan fingerprint density at radius 3 is 2.05 bits per heavy atom. The van der Waals surface area contributed by atoms with Gasteiger partial charge in [0.15, 0.2) is 0 Å². The first-order valence-corrected chi connectivity index (χ1v) is 15.2. The number of hydrogen-bond donors (Lipinski definition) is 2. The van der Waals surface area contributed by atoms with Gasteiger partial charge < -0.3 is 10.2 Å². The molecular formula is C30H42FN3O4S. The molecule has 1 aliphatic heterocycles. The van der Waals surface area contributed by atoms with Crippen molar-refractivity contribution in [1.29, 1.82) is 0 Å². The van der Waals surface area contributed by atoms with Gasteiger partial charge in [-0.25, -0.2) is 17.5 Å². The molecule has 1 aliphatic rings. The van der Waals surface area contributed by atoms with Crippen molar-refractivity contribution in [2.24, 2.45) is 0 Å². The predicted molar refractivity (Wildman–Crippen MR) is 152 cm³/mol. The summed E-state index contributed by atoms with van der Waals surface area (Å²) >= 11 is 0. The number of carbonyl (C=O) groups is 2. The highest BCUT2D eigenvalue weighted by molar-refractivity contribution is 7.89. The summed E-state index contributed by atoms with van der Waals surface area (Å²) in [7, 11) is -4.07. The highest BCUT2D eigenvalue weighted by Crippen LogP contribution is 2.35. The molecule has 0 bridgehead atoms. The van der Waals surface area contributed by atoms with Crippen LogP contribution in [-0.2, 0) is 26.2 Å². The van der Waals surface area contributed by atoms with Crippen molar-refractivity contribution in [2.75, 3.05) is 13.1 Å². The summed E-state index contributed by atoms with van der Waals surface area (Å²) in [5, 5.41) is 2.78. The average molecular weight is 560 g/mol. The van der Waals surface area contributed by atoms with Crippen LogP contribution < -0.4 is 10.0 Å². The molecule has 2 atom stereocenters. The second-order valence-electron chi connectivity index (χ2n) is 11.3. The van der Waals surface area contributed by atoms with Crippen molar-refractivity contribution in [3.05, 3.63) is 64.7 Å². The van der Waals surface area contributed by atoms with Crippen LogP contribution in [0.15, 0.2) is 47.4 Å². The predicted octanol–water partition coefficient (Wildman–Crippen LogP) is 4.98. The molecule has 7 nitrogen and oxygen atoms in total. The lowest BCUT2D eigenvalue weighted by Gasteiger charge is -2.24. The number of carbonyl (C=O) groups excluding carboxylic acids is 2. The molecule has 0 aromatic heterocycles. The highest BCUT2D eigenvalue weighted by Gasteiger charge is 2.39. The number of alkyl halides is 1. The van der Waals surface area contributed by atoms with E-state index in [0.717, 1.165) is 11.1 Å². The average Bonchev–Trinajstić information content (AvgIpc) is 3.24. The second-order valence-corrected chi connectivity index (χ2v) is 12.9. The molecule has 0 spiro atoms. The summed E-state index contributed by atoms with van der Waals surface area (Å²) in [5.74, 6) is -0.518. The number of amides is 2. The van der Waals surface area contributed by atoms with Crippen molar-refractivity contribution in [3.8, 4) is 0 Å². The van der Waals surface area contributed by atoms with Crippen LogP contribution in [0, 0.1) is 0 Å². The minimum absolute atomic E-state index is 0.0206. The van der Waals surface area contributed by atoms with Gasteiger partial charge in [0.25, 0.3) is 0 Å². The van der Waals surface area contributed by atoms with Crippen LogP contribution in [0.3, 0.4) is 0 Å². The van der Waals surface area contributed by atoms with Crippen molar-refractivity contribution in [2.45, 2.75) is 95.8 Å². The molecule has 39 heavy (non-hydrogen) atoms. The number of benzene rings is 2. The van der Waals surface area contributed by atoms with Crippen LogP contribution in [0.5, 0.6) is 0 Å². The van der Waals surface area contributed by atoms with Gasteiger partial charge in [-0.3, -0.25) is 9.59 Å². The molecule has 0 aliphatic carbocycles. The Labute approximate surface area is 232 Å². The summed E-state index contributed by atoms with van der Waals surface area (Å²) < 4.78 is 45.0. The van der Waals surface area contributed by atoms with Crippen LogP contribution in [0.2, 0.25) is 0 Å².